The molecule has 0 unspecified atom stereocenters. The molecule has 0 atom stereocenters. The van der Waals surface area contributed by atoms with Crippen LogP contribution in [0.1, 0.15) is 16.7 Å². The molecular formula is C21H25ClN2O4. The van der Waals surface area contributed by atoms with Gasteiger partial charge in [0, 0.05) is 44.3 Å². The molecule has 150 valence electrons. The molecule has 2 N–H and O–H groups in total. The molecule has 0 aromatic heterocycles. The Labute approximate surface area is 170 Å². The van der Waals surface area contributed by atoms with Gasteiger partial charge in [0.25, 0.3) is 0 Å². The topological polar surface area (TPSA) is 81.1 Å². The maximum atomic E-state index is 9.10. The molecule has 2 aromatic carbocycles. The van der Waals surface area contributed by atoms with E-state index in [9.17, 15) is 0 Å². The van der Waals surface area contributed by atoms with Gasteiger partial charge in [0.1, 0.15) is 0 Å². The molecule has 0 amide bonds. The monoisotopic (exact) mass is 404 g/mol. The van der Waals surface area contributed by atoms with Crippen molar-refractivity contribution in [2.24, 2.45) is 0 Å². The number of aryl methyl sites for hydroxylation is 1. The largest absolute Gasteiger partial charge is 0.473 e. The van der Waals surface area contributed by atoms with Gasteiger partial charge in [-0.05, 0) is 29.7 Å². The van der Waals surface area contributed by atoms with Gasteiger partial charge in [0.05, 0.1) is 0 Å². The van der Waals surface area contributed by atoms with E-state index in [1.54, 1.807) is 0 Å². The van der Waals surface area contributed by atoms with Gasteiger partial charge >= 0.3 is 11.9 Å². The summed E-state index contributed by atoms with van der Waals surface area (Å²) in [6.45, 7) is 8.68. The molecule has 1 saturated heterocycles. The van der Waals surface area contributed by atoms with Gasteiger partial charge in [0.15, 0.2) is 0 Å². The summed E-state index contributed by atoms with van der Waals surface area (Å²) in [5, 5.41) is 15.7. The van der Waals surface area contributed by atoms with Crippen LogP contribution in [-0.4, -0.2) is 58.1 Å². The summed E-state index contributed by atoms with van der Waals surface area (Å²) in [7, 11) is 0. The number of carboxylic acids is 2. The fraction of sp³-hybridized carbons (Fsp3) is 0.333. The number of rotatable bonds is 4. The molecule has 6 nitrogen and oxygen atoms in total. The van der Waals surface area contributed by atoms with Crippen molar-refractivity contribution in [2.75, 3.05) is 26.2 Å². The van der Waals surface area contributed by atoms with Crippen molar-refractivity contribution in [3.05, 3.63) is 70.2 Å². The van der Waals surface area contributed by atoms with Gasteiger partial charge in [0.2, 0.25) is 0 Å². The highest BCUT2D eigenvalue weighted by atomic mass is 35.5. The zero-order valence-corrected chi connectivity index (χ0v) is 16.6. The standard InChI is InChI=1S/C19H23ClN2.C2H2O4/c1-16-6-2-3-7-17(16)14-21-10-12-22(13-11-21)15-18-8-4-5-9-19(18)20;3-1(4)2(5)6/h2-9H,10-15H2,1H3;(H,3,4)(H,5,6). The average molecular weight is 405 g/mol. The first kappa shape index (κ1) is 21.9. The zero-order valence-electron chi connectivity index (χ0n) is 15.8. The number of halogens is 1. The summed E-state index contributed by atoms with van der Waals surface area (Å²) in [4.78, 5) is 23.2. The SMILES string of the molecule is Cc1ccccc1CN1CCN(Cc2ccccc2Cl)CC1.O=C(O)C(=O)O. The van der Waals surface area contributed by atoms with Crippen molar-refractivity contribution in [3.8, 4) is 0 Å². The van der Waals surface area contributed by atoms with E-state index in [1.807, 2.05) is 12.1 Å². The van der Waals surface area contributed by atoms with E-state index >= 15 is 0 Å². The summed E-state index contributed by atoms with van der Waals surface area (Å²) in [5.74, 6) is -3.65. The quantitative estimate of drug-likeness (QED) is 0.762. The second-order valence-corrected chi connectivity index (χ2v) is 7.09. The van der Waals surface area contributed by atoms with Gasteiger partial charge in [-0.2, -0.15) is 0 Å². The summed E-state index contributed by atoms with van der Waals surface area (Å²) >= 11 is 6.26. The lowest BCUT2D eigenvalue weighted by Gasteiger charge is -2.35. The predicted molar refractivity (Wildman–Crippen MR) is 108 cm³/mol. The van der Waals surface area contributed by atoms with Gasteiger partial charge < -0.3 is 10.2 Å². The van der Waals surface area contributed by atoms with E-state index in [-0.39, 0.29) is 0 Å². The molecule has 0 aliphatic carbocycles. The second-order valence-electron chi connectivity index (χ2n) is 6.68. The maximum absolute atomic E-state index is 9.10. The highest BCUT2D eigenvalue weighted by molar-refractivity contribution is 6.31. The molecule has 7 heteroatoms. The Morgan fingerprint density at radius 3 is 1.71 bits per heavy atom. The summed E-state index contributed by atoms with van der Waals surface area (Å²) in [6, 6.07) is 16.8. The van der Waals surface area contributed by atoms with Gasteiger partial charge in [-0.25, -0.2) is 9.59 Å². The fourth-order valence-electron chi connectivity index (χ4n) is 3.00. The number of hydrogen-bond acceptors (Lipinski definition) is 4. The highest BCUT2D eigenvalue weighted by Crippen LogP contribution is 2.18. The third-order valence-electron chi connectivity index (χ3n) is 4.65. The van der Waals surface area contributed by atoms with Crippen LogP contribution in [0, 0.1) is 6.92 Å². The number of carboxylic acid groups (broad SMARTS) is 2. The van der Waals surface area contributed by atoms with Crippen LogP contribution in [0.5, 0.6) is 0 Å². The smallest absolute Gasteiger partial charge is 0.414 e. The molecule has 0 radical (unpaired) electrons. The third kappa shape index (κ3) is 6.96. The zero-order chi connectivity index (χ0) is 20.5. The molecule has 28 heavy (non-hydrogen) atoms. The second kappa shape index (κ2) is 10.8. The van der Waals surface area contributed by atoms with Crippen LogP contribution in [0.15, 0.2) is 48.5 Å². The number of benzene rings is 2. The molecule has 2 aromatic rings. The van der Waals surface area contributed by atoms with Crippen LogP contribution >= 0.6 is 11.6 Å². The summed E-state index contributed by atoms with van der Waals surface area (Å²) < 4.78 is 0. The fourth-order valence-corrected chi connectivity index (χ4v) is 3.20. The van der Waals surface area contributed by atoms with Gasteiger partial charge in [-0.1, -0.05) is 54.1 Å². The lowest BCUT2D eigenvalue weighted by Crippen LogP contribution is -2.45. The van der Waals surface area contributed by atoms with E-state index in [1.165, 1.54) is 16.7 Å². The predicted octanol–water partition coefficient (Wildman–Crippen LogP) is 3.12. The lowest BCUT2D eigenvalue weighted by molar-refractivity contribution is -0.159. The lowest BCUT2D eigenvalue weighted by atomic mass is 10.1. The molecule has 0 spiro atoms. The Morgan fingerprint density at radius 1 is 0.821 bits per heavy atom. The number of carbonyl (C=O) groups is 2. The van der Waals surface area contributed by atoms with Crippen LogP contribution < -0.4 is 0 Å². The first-order valence-corrected chi connectivity index (χ1v) is 9.43. The van der Waals surface area contributed by atoms with Crippen LogP contribution in [0.3, 0.4) is 0 Å². The van der Waals surface area contributed by atoms with Crippen molar-refractivity contribution >= 4 is 23.5 Å². The molecule has 1 heterocycles. The van der Waals surface area contributed by atoms with Crippen molar-refractivity contribution in [1.82, 2.24) is 9.80 Å². The normalized spacial score (nSPS) is 14.8. The minimum Gasteiger partial charge on any atom is -0.473 e. The first-order chi connectivity index (χ1) is 13.4. The van der Waals surface area contributed by atoms with Crippen LogP contribution in [0.2, 0.25) is 5.02 Å². The molecule has 1 fully saturated rings. The summed E-state index contributed by atoms with van der Waals surface area (Å²) in [6.07, 6.45) is 0. The molecule has 0 saturated carbocycles. The number of nitrogens with zero attached hydrogens (tertiary/aromatic N) is 2. The van der Waals surface area contributed by atoms with Crippen molar-refractivity contribution in [1.29, 1.82) is 0 Å². The Morgan fingerprint density at radius 2 is 1.25 bits per heavy atom. The number of aliphatic carboxylic acids is 2. The van der Waals surface area contributed by atoms with E-state index in [0.29, 0.717) is 0 Å². The van der Waals surface area contributed by atoms with Gasteiger partial charge in [-0.15, -0.1) is 0 Å². The first-order valence-electron chi connectivity index (χ1n) is 9.05. The van der Waals surface area contributed by atoms with E-state index in [0.717, 1.165) is 44.3 Å². The number of piperazine rings is 1. The maximum Gasteiger partial charge on any atom is 0.414 e. The molecule has 0 bridgehead atoms. The minimum atomic E-state index is -1.82. The Balaban J connectivity index is 0.000000409. The molecule has 1 aliphatic rings. The van der Waals surface area contributed by atoms with Crippen LogP contribution in [0.4, 0.5) is 0 Å². The van der Waals surface area contributed by atoms with Crippen LogP contribution in [0.25, 0.3) is 0 Å². The average Bonchev–Trinajstić information content (AvgIpc) is 2.67. The Kier molecular flexibility index (Phi) is 8.44. The van der Waals surface area contributed by atoms with Crippen LogP contribution in [-0.2, 0) is 22.7 Å². The molecule has 3 rings (SSSR count). The van der Waals surface area contributed by atoms with E-state index in [2.05, 4.69) is 53.1 Å². The minimum absolute atomic E-state index is 0.879. The molecule has 1 aliphatic heterocycles. The highest BCUT2D eigenvalue weighted by Gasteiger charge is 2.18. The Hall–Kier alpha value is -2.41. The number of hydrogen-bond donors (Lipinski definition) is 2. The molecular weight excluding hydrogens is 380 g/mol. The van der Waals surface area contributed by atoms with Crippen molar-refractivity contribution in [3.63, 3.8) is 0 Å². The van der Waals surface area contributed by atoms with Gasteiger partial charge in [-0.3, -0.25) is 9.80 Å². The summed E-state index contributed by atoms with van der Waals surface area (Å²) in [5.41, 5.74) is 4.07. The van der Waals surface area contributed by atoms with E-state index in [4.69, 9.17) is 31.4 Å². The third-order valence-corrected chi connectivity index (χ3v) is 5.02. The van der Waals surface area contributed by atoms with Crippen molar-refractivity contribution < 1.29 is 19.8 Å². The van der Waals surface area contributed by atoms with E-state index < -0.39 is 11.9 Å². The van der Waals surface area contributed by atoms with Crippen molar-refractivity contribution in [2.45, 2.75) is 20.0 Å². The Bertz CT molecular complexity index is 737.